The van der Waals surface area contributed by atoms with Crippen LogP contribution in [-0.2, 0) is 14.3 Å². The highest BCUT2D eigenvalue weighted by atomic mass is 16.5. The molecule has 0 aromatic rings. The molecule has 4 nitrogen and oxygen atoms in total. The van der Waals surface area contributed by atoms with Crippen molar-refractivity contribution in [3.05, 3.63) is 12.7 Å². The minimum Gasteiger partial charge on any atom is -0.463 e. The molecule has 0 heterocycles. The lowest BCUT2D eigenvalue weighted by atomic mass is 10.3. The third kappa shape index (κ3) is 5.90. The summed E-state index contributed by atoms with van der Waals surface area (Å²) in [6.45, 7) is 3.52. The predicted octanol–water partition coefficient (Wildman–Crippen LogP) is 0.584. The zero-order valence-electron chi connectivity index (χ0n) is 8.08. The Bertz CT molecular complexity index is 199. The van der Waals surface area contributed by atoms with Crippen LogP contribution in [0.15, 0.2) is 12.7 Å². The van der Waals surface area contributed by atoms with Gasteiger partial charge in [0.1, 0.15) is 0 Å². The van der Waals surface area contributed by atoms with Crippen LogP contribution >= 0.6 is 0 Å². The van der Waals surface area contributed by atoms with E-state index < -0.39 is 5.97 Å². The summed E-state index contributed by atoms with van der Waals surface area (Å²) in [7, 11) is 3.39. The number of hydrogen-bond donors (Lipinski definition) is 0. The van der Waals surface area contributed by atoms with E-state index in [1.165, 1.54) is 4.90 Å². The van der Waals surface area contributed by atoms with Gasteiger partial charge in [0.25, 0.3) is 0 Å². The van der Waals surface area contributed by atoms with E-state index in [-0.39, 0.29) is 12.5 Å². The van der Waals surface area contributed by atoms with Gasteiger partial charge in [-0.3, -0.25) is 4.79 Å². The molecule has 0 aliphatic heterocycles. The van der Waals surface area contributed by atoms with Gasteiger partial charge in [0.05, 0.1) is 6.61 Å². The van der Waals surface area contributed by atoms with Gasteiger partial charge in [-0.05, 0) is 6.42 Å². The van der Waals surface area contributed by atoms with Crippen LogP contribution in [0.5, 0.6) is 0 Å². The largest absolute Gasteiger partial charge is 0.463 e. The predicted molar refractivity (Wildman–Crippen MR) is 49.1 cm³/mol. The second-order valence-electron chi connectivity index (χ2n) is 2.76. The Morgan fingerprint density at radius 3 is 2.54 bits per heavy atom. The van der Waals surface area contributed by atoms with E-state index in [0.29, 0.717) is 12.8 Å². The number of ether oxygens (including phenoxy) is 1. The standard InChI is InChI=1S/C9H15NO3/c1-4-9(12)13-7-5-6-8(11)10(2)3/h4H,1,5-7H2,2-3H3. The average Bonchev–Trinajstić information content (AvgIpc) is 2.11. The minimum absolute atomic E-state index is 0.0367. The zero-order valence-corrected chi connectivity index (χ0v) is 8.08. The molecule has 4 heteroatoms. The van der Waals surface area contributed by atoms with Crippen LogP contribution in [0.25, 0.3) is 0 Å². The summed E-state index contributed by atoms with van der Waals surface area (Å²) in [5.41, 5.74) is 0. The van der Waals surface area contributed by atoms with Crippen molar-refractivity contribution in [3.8, 4) is 0 Å². The van der Waals surface area contributed by atoms with Crippen LogP contribution in [-0.4, -0.2) is 37.5 Å². The number of rotatable bonds is 5. The van der Waals surface area contributed by atoms with E-state index in [2.05, 4.69) is 6.58 Å². The number of carbonyl (C=O) groups is 2. The van der Waals surface area contributed by atoms with Crippen LogP contribution in [0.2, 0.25) is 0 Å². The summed E-state index contributed by atoms with van der Waals surface area (Å²) in [4.78, 5) is 23.1. The first-order valence-corrected chi connectivity index (χ1v) is 4.07. The van der Waals surface area contributed by atoms with Crippen molar-refractivity contribution in [1.29, 1.82) is 0 Å². The summed E-state index contributed by atoms with van der Waals surface area (Å²) in [5.74, 6) is -0.410. The van der Waals surface area contributed by atoms with Crippen molar-refractivity contribution in [2.24, 2.45) is 0 Å². The molecule has 0 atom stereocenters. The molecule has 0 unspecified atom stereocenters. The summed E-state index contributed by atoms with van der Waals surface area (Å²) in [5, 5.41) is 0. The molecule has 0 saturated carbocycles. The maximum absolute atomic E-state index is 11.0. The third-order valence-corrected chi connectivity index (χ3v) is 1.44. The SMILES string of the molecule is C=CC(=O)OCCCC(=O)N(C)C. The fraction of sp³-hybridized carbons (Fsp3) is 0.556. The number of esters is 1. The zero-order chi connectivity index (χ0) is 10.3. The molecule has 0 spiro atoms. The van der Waals surface area contributed by atoms with Crippen molar-refractivity contribution in [2.75, 3.05) is 20.7 Å². The van der Waals surface area contributed by atoms with Gasteiger partial charge in [-0.15, -0.1) is 0 Å². The van der Waals surface area contributed by atoms with E-state index in [0.717, 1.165) is 6.08 Å². The Morgan fingerprint density at radius 1 is 1.46 bits per heavy atom. The van der Waals surface area contributed by atoms with Crippen molar-refractivity contribution >= 4 is 11.9 Å². The highest BCUT2D eigenvalue weighted by Crippen LogP contribution is 1.94. The minimum atomic E-state index is -0.447. The van der Waals surface area contributed by atoms with E-state index in [1.54, 1.807) is 14.1 Å². The molecule has 74 valence electrons. The third-order valence-electron chi connectivity index (χ3n) is 1.44. The van der Waals surface area contributed by atoms with Crippen LogP contribution in [0.4, 0.5) is 0 Å². The number of amides is 1. The van der Waals surface area contributed by atoms with Gasteiger partial charge in [0.2, 0.25) is 5.91 Å². The molecule has 0 rings (SSSR count). The van der Waals surface area contributed by atoms with E-state index in [1.807, 2.05) is 0 Å². The molecule has 0 aromatic carbocycles. The maximum atomic E-state index is 11.0. The van der Waals surface area contributed by atoms with E-state index in [4.69, 9.17) is 4.74 Å². The van der Waals surface area contributed by atoms with Crippen LogP contribution in [0.1, 0.15) is 12.8 Å². The molecule has 0 saturated heterocycles. The molecule has 0 aliphatic carbocycles. The monoisotopic (exact) mass is 185 g/mol. The molecular formula is C9H15NO3. The summed E-state index contributed by atoms with van der Waals surface area (Å²) < 4.78 is 4.69. The number of nitrogens with zero attached hydrogens (tertiary/aromatic N) is 1. The fourth-order valence-corrected chi connectivity index (χ4v) is 0.679. The molecule has 0 fully saturated rings. The van der Waals surface area contributed by atoms with Gasteiger partial charge in [0, 0.05) is 26.6 Å². The highest BCUT2D eigenvalue weighted by molar-refractivity contribution is 5.81. The van der Waals surface area contributed by atoms with Gasteiger partial charge >= 0.3 is 5.97 Å². The van der Waals surface area contributed by atoms with E-state index in [9.17, 15) is 9.59 Å². The quantitative estimate of drug-likeness (QED) is 0.357. The topological polar surface area (TPSA) is 46.6 Å². The maximum Gasteiger partial charge on any atom is 0.330 e. The Kier molecular flexibility index (Phi) is 5.59. The van der Waals surface area contributed by atoms with Gasteiger partial charge in [-0.2, -0.15) is 0 Å². The Labute approximate surface area is 78.2 Å². The first-order valence-electron chi connectivity index (χ1n) is 4.07. The Balaban J connectivity index is 3.41. The normalized spacial score (nSPS) is 9.08. The molecule has 13 heavy (non-hydrogen) atoms. The molecule has 0 aromatic heterocycles. The van der Waals surface area contributed by atoms with Gasteiger partial charge in [0.15, 0.2) is 0 Å². The Hall–Kier alpha value is -1.32. The van der Waals surface area contributed by atoms with Crippen molar-refractivity contribution in [2.45, 2.75) is 12.8 Å². The van der Waals surface area contributed by atoms with Crippen molar-refractivity contribution in [1.82, 2.24) is 4.90 Å². The second kappa shape index (κ2) is 6.22. The number of carbonyl (C=O) groups excluding carboxylic acids is 2. The lowest BCUT2D eigenvalue weighted by molar-refractivity contribution is -0.139. The first kappa shape index (κ1) is 11.7. The first-order chi connectivity index (χ1) is 6.07. The van der Waals surface area contributed by atoms with Crippen molar-refractivity contribution in [3.63, 3.8) is 0 Å². The van der Waals surface area contributed by atoms with E-state index >= 15 is 0 Å². The molecule has 0 bridgehead atoms. The number of hydrogen-bond acceptors (Lipinski definition) is 3. The molecular weight excluding hydrogens is 170 g/mol. The molecule has 0 radical (unpaired) electrons. The van der Waals surface area contributed by atoms with Crippen LogP contribution in [0.3, 0.4) is 0 Å². The lowest BCUT2D eigenvalue weighted by Gasteiger charge is -2.09. The summed E-state index contributed by atoms with van der Waals surface area (Å²) >= 11 is 0. The molecule has 0 N–H and O–H groups in total. The second-order valence-corrected chi connectivity index (χ2v) is 2.76. The summed E-state index contributed by atoms with van der Waals surface area (Å²) in [6, 6.07) is 0. The van der Waals surface area contributed by atoms with Gasteiger partial charge in [-0.1, -0.05) is 6.58 Å². The fourth-order valence-electron chi connectivity index (χ4n) is 0.679. The summed E-state index contributed by atoms with van der Waals surface area (Å²) in [6.07, 6.45) is 2.06. The Morgan fingerprint density at radius 2 is 2.08 bits per heavy atom. The smallest absolute Gasteiger partial charge is 0.330 e. The molecule has 0 aliphatic rings. The van der Waals surface area contributed by atoms with Gasteiger partial charge in [-0.25, -0.2) is 4.79 Å². The molecule has 1 amide bonds. The average molecular weight is 185 g/mol. The van der Waals surface area contributed by atoms with Crippen molar-refractivity contribution < 1.29 is 14.3 Å². The van der Waals surface area contributed by atoms with Crippen LogP contribution in [0, 0.1) is 0 Å². The van der Waals surface area contributed by atoms with Crippen LogP contribution < -0.4 is 0 Å². The highest BCUT2D eigenvalue weighted by Gasteiger charge is 2.03. The lowest BCUT2D eigenvalue weighted by Crippen LogP contribution is -2.21. The van der Waals surface area contributed by atoms with Gasteiger partial charge < -0.3 is 9.64 Å².